The van der Waals surface area contributed by atoms with Crippen LogP contribution in [0.4, 0.5) is 0 Å². The van der Waals surface area contributed by atoms with E-state index in [4.69, 9.17) is 16.1 Å². The number of nitrogens with zero attached hydrogens (tertiary/aromatic N) is 2. The number of nitrogens with one attached hydrogen (secondary N) is 2. The van der Waals surface area contributed by atoms with Gasteiger partial charge >= 0.3 is 0 Å². The van der Waals surface area contributed by atoms with Gasteiger partial charge in [0.2, 0.25) is 11.7 Å². The summed E-state index contributed by atoms with van der Waals surface area (Å²) in [4.78, 5) is 4.52. The summed E-state index contributed by atoms with van der Waals surface area (Å²) >= 11 is 9.36. The number of benzene rings is 2. The summed E-state index contributed by atoms with van der Waals surface area (Å²) < 4.78 is 6.46. The van der Waals surface area contributed by atoms with Crippen molar-refractivity contribution in [1.29, 1.82) is 0 Å². The average molecular weight is 406 g/mol. The van der Waals surface area contributed by atoms with Gasteiger partial charge in [-0.2, -0.15) is 4.98 Å². The van der Waals surface area contributed by atoms with Gasteiger partial charge in [0.25, 0.3) is 0 Å². The van der Waals surface area contributed by atoms with E-state index in [1.54, 1.807) is 0 Å². The van der Waals surface area contributed by atoms with Gasteiger partial charge in [0, 0.05) is 21.1 Å². The Morgan fingerprint density at radius 2 is 1.71 bits per heavy atom. The van der Waals surface area contributed by atoms with Crippen LogP contribution in [0.2, 0.25) is 5.02 Å². The van der Waals surface area contributed by atoms with Crippen LogP contribution in [0.15, 0.2) is 57.5 Å². The summed E-state index contributed by atoms with van der Waals surface area (Å²) in [5, 5.41) is 4.82. The zero-order valence-corrected chi connectivity index (χ0v) is 14.9. The van der Waals surface area contributed by atoms with Crippen molar-refractivity contribution in [2.24, 2.45) is 0 Å². The van der Waals surface area contributed by atoms with Crippen molar-refractivity contribution in [2.75, 3.05) is 0 Å². The molecular formula is C17H14BrClN4O. The number of hydrogen-bond donors (Lipinski definition) is 2. The van der Waals surface area contributed by atoms with Crippen molar-refractivity contribution in [2.45, 2.75) is 18.5 Å². The first kappa shape index (κ1) is 15.8. The van der Waals surface area contributed by atoms with Crippen molar-refractivity contribution in [1.82, 2.24) is 21.0 Å². The van der Waals surface area contributed by atoms with Crippen LogP contribution in [-0.2, 0) is 0 Å². The van der Waals surface area contributed by atoms with Crippen molar-refractivity contribution in [3.63, 3.8) is 0 Å². The van der Waals surface area contributed by atoms with Crippen LogP contribution in [0.1, 0.15) is 30.0 Å². The van der Waals surface area contributed by atoms with Gasteiger partial charge in [0.1, 0.15) is 6.04 Å². The third-order valence-corrected chi connectivity index (χ3v) is 4.80. The van der Waals surface area contributed by atoms with E-state index in [0.29, 0.717) is 11.7 Å². The molecule has 1 aliphatic heterocycles. The van der Waals surface area contributed by atoms with E-state index in [9.17, 15) is 0 Å². The third kappa shape index (κ3) is 3.23. The lowest BCUT2D eigenvalue weighted by Crippen LogP contribution is -2.26. The summed E-state index contributed by atoms with van der Waals surface area (Å²) in [6, 6.07) is 15.8. The highest BCUT2D eigenvalue weighted by molar-refractivity contribution is 9.10. The molecule has 0 bridgehead atoms. The molecule has 2 heterocycles. The van der Waals surface area contributed by atoms with Gasteiger partial charge in [-0.25, -0.2) is 10.9 Å². The molecule has 0 saturated carbocycles. The lowest BCUT2D eigenvalue weighted by atomic mass is 10.0. The Kier molecular flexibility index (Phi) is 4.37. The number of halogens is 2. The number of aromatic nitrogens is 2. The molecule has 0 amide bonds. The Bertz CT molecular complexity index is 835. The van der Waals surface area contributed by atoms with Gasteiger partial charge in [-0.05, 0) is 48.4 Å². The van der Waals surface area contributed by atoms with Crippen LogP contribution in [0, 0.1) is 0 Å². The molecular weight excluding hydrogens is 392 g/mol. The van der Waals surface area contributed by atoms with Gasteiger partial charge in [0.15, 0.2) is 0 Å². The molecule has 0 radical (unpaired) electrons. The molecule has 5 nitrogen and oxygen atoms in total. The Balaban J connectivity index is 1.49. The molecule has 0 aliphatic carbocycles. The predicted molar refractivity (Wildman–Crippen MR) is 95.3 cm³/mol. The highest BCUT2D eigenvalue weighted by atomic mass is 79.9. The fraction of sp³-hybridized carbons (Fsp3) is 0.176. The number of hydrazine groups is 1. The van der Waals surface area contributed by atoms with Gasteiger partial charge in [-0.15, -0.1) is 0 Å². The van der Waals surface area contributed by atoms with Gasteiger partial charge in [0.05, 0.1) is 0 Å². The monoisotopic (exact) mass is 404 g/mol. The largest absolute Gasteiger partial charge is 0.337 e. The van der Waals surface area contributed by atoms with E-state index in [2.05, 4.69) is 36.9 Å². The normalized spacial score (nSPS) is 20.4. The Labute approximate surface area is 152 Å². The quantitative estimate of drug-likeness (QED) is 0.675. The second-order valence-electron chi connectivity index (χ2n) is 5.64. The zero-order chi connectivity index (χ0) is 16.5. The maximum atomic E-state index is 5.94. The summed E-state index contributed by atoms with van der Waals surface area (Å²) in [7, 11) is 0. The summed E-state index contributed by atoms with van der Waals surface area (Å²) in [6.45, 7) is 0. The van der Waals surface area contributed by atoms with Gasteiger partial charge < -0.3 is 4.52 Å². The topological polar surface area (TPSA) is 63.0 Å². The van der Waals surface area contributed by atoms with Crippen molar-refractivity contribution in [3.05, 3.63) is 69.5 Å². The van der Waals surface area contributed by atoms with E-state index in [0.717, 1.165) is 21.5 Å². The van der Waals surface area contributed by atoms with Crippen molar-refractivity contribution < 1.29 is 4.52 Å². The maximum absolute atomic E-state index is 5.94. The van der Waals surface area contributed by atoms with E-state index < -0.39 is 0 Å². The van der Waals surface area contributed by atoms with E-state index in [1.165, 1.54) is 5.56 Å². The van der Waals surface area contributed by atoms with Crippen molar-refractivity contribution in [3.8, 4) is 11.4 Å². The van der Waals surface area contributed by atoms with Crippen LogP contribution >= 0.6 is 27.5 Å². The van der Waals surface area contributed by atoms with Crippen LogP contribution in [-0.4, -0.2) is 10.1 Å². The van der Waals surface area contributed by atoms with Crippen LogP contribution in [0.5, 0.6) is 0 Å². The second-order valence-corrected chi connectivity index (χ2v) is 7.00. The second kappa shape index (κ2) is 6.64. The van der Waals surface area contributed by atoms with Gasteiger partial charge in [-0.1, -0.05) is 44.8 Å². The molecule has 2 N–H and O–H groups in total. The maximum Gasteiger partial charge on any atom is 0.245 e. The van der Waals surface area contributed by atoms with E-state index in [-0.39, 0.29) is 12.1 Å². The molecule has 0 spiro atoms. The standard InChI is InChI=1S/C17H14BrClN4O/c18-12-5-1-11(2-6-12)16-20-17(24-23-16)15-9-14(21-22-15)10-3-7-13(19)8-4-10/h1-8,14-15,21-22H,9H2. The first-order chi connectivity index (χ1) is 11.7. The minimum absolute atomic E-state index is 0.0256. The highest BCUT2D eigenvalue weighted by Crippen LogP contribution is 2.31. The molecule has 2 atom stereocenters. The van der Waals surface area contributed by atoms with E-state index >= 15 is 0 Å². The van der Waals surface area contributed by atoms with Crippen LogP contribution in [0.3, 0.4) is 0 Å². The summed E-state index contributed by atoms with van der Waals surface area (Å²) in [5.41, 5.74) is 8.59. The third-order valence-electron chi connectivity index (χ3n) is 4.02. The minimum Gasteiger partial charge on any atom is -0.337 e. The molecule has 2 unspecified atom stereocenters. The highest BCUT2D eigenvalue weighted by Gasteiger charge is 2.30. The molecule has 1 aliphatic rings. The average Bonchev–Trinajstić information content (AvgIpc) is 3.25. The first-order valence-electron chi connectivity index (χ1n) is 7.55. The number of hydrogen-bond acceptors (Lipinski definition) is 5. The van der Waals surface area contributed by atoms with E-state index in [1.807, 2.05) is 48.5 Å². The Morgan fingerprint density at radius 3 is 2.46 bits per heavy atom. The Hall–Kier alpha value is -1.73. The lowest BCUT2D eigenvalue weighted by molar-refractivity contribution is 0.340. The molecule has 2 aromatic carbocycles. The SMILES string of the molecule is Clc1ccc(C2CC(c3nc(-c4ccc(Br)cc4)no3)NN2)cc1. The van der Waals surface area contributed by atoms with Gasteiger partial charge in [-0.3, -0.25) is 0 Å². The summed E-state index contributed by atoms with van der Waals surface area (Å²) in [6.07, 6.45) is 0.823. The lowest BCUT2D eigenvalue weighted by Gasteiger charge is -2.08. The fourth-order valence-electron chi connectivity index (χ4n) is 2.72. The Morgan fingerprint density at radius 1 is 1.00 bits per heavy atom. The molecule has 122 valence electrons. The first-order valence-corrected chi connectivity index (χ1v) is 8.72. The van der Waals surface area contributed by atoms with Crippen LogP contribution in [0.25, 0.3) is 11.4 Å². The fourth-order valence-corrected chi connectivity index (χ4v) is 3.12. The van der Waals surface area contributed by atoms with Crippen molar-refractivity contribution >= 4 is 27.5 Å². The molecule has 1 saturated heterocycles. The molecule has 1 aromatic heterocycles. The molecule has 1 fully saturated rings. The molecule has 7 heteroatoms. The molecule has 3 aromatic rings. The summed E-state index contributed by atoms with van der Waals surface area (Å²) in [5.74, 6) is 1.17. The predicted octanol–water partition coefficient (Wildman–Crippen LogP) is 4.43. The molecule has 24 heavy (non-hydrogen) atoms. The smallest absolute Gasteiger partial charge is 0.245 e. The molecule has 4 rings (SSSR count). The zero-order valence-electron chi connectivity index (χ0n) is 12.5. The minimum atomic E-state index is -0.0256. The van der Waals surface area contributed by atoms with Crippen LogP contribution < -0.4 is 10.9 Å². The number of rotatable bonds is 3.